The van der Waals surface area contributed by atoms with Gasteiger partial charge in [0.1, 0.15) is 0 Å². The number of thioether (sulfide) groups is 1. The van der Waals surface area contributed by atoms with Crippen LogP contribution in [0.4, 0.5) is 0 Å². The van der Waals surface area contributed by atoms with Crippen molar-refractivity contribution in [3.8, 4) is 0 Å². The average molecular weight is 512 g/mol. The Morgan fingerprint density at radius 2 is 2.09 bits per heavy atom. The molecule has 0 unspecified atom stereocenters. The SMILES string of the molecule is CN=C(NCCCCSC)NCC1(c2cccc(Br)c2)CC1.I. The van der Waals surface area contributed by atoms with Crippen LogP contribution in [0.25, 0.3) is 0 Å². The summed E-state index contributed by atoms with van der Waals surface area (Å²) in [5.74, 6) is 2.16. The van der Waals surface area contributed by atoms with Crippen LogP contribution in [0, 0.1) is 0 Å². The van der Waals surface area contributed by atoms with Crippen LogP contribution in [0.5, 0.6) is 0 Å². The molecule has 0 spiro atoms. The zero-order chi connectivity index (χ0) is 15.8. The number of rotatable bonds is 8. The lowest BCUT2D eigenvalue weighted by atomic mass is 9.96. The van der Waals surface area contributed by atoms with Crippen LogP contribution in [-0.2, 0) is 5.41 Å². The fraction of sp³-hybridized carbons (Fsp3) is 0.588. The Morgan fingerprint density at radius 3 is 2.70 bits per heavy atom. The van der Waals surface area contributed by atoms with Gasteiger partial charge in [-0.1, -0.05) is 28.1 Å². The van der Waals surface area contributed by atoms with Crippen molar-refractivity contribution in [3.63, 3.8) is 0 Å². The molecular weight excluding hydrogens is 485 g/mol. The van der Waals surface area contributed by atoms with Gasteiger partial charge in [0.05, 0.1) is 0 Å². The molecule has 1 fully saturated rings. The normalized spacial score (nSPS) is 15.7. The van der Waals surface area contributed by atoms with Gasteiger partial charge in [0.25, 0.3) is 0 Å². The van der Waals surface area contributed by atoms with Gasteiger partial charge >= 0.3 is 0 Å². The van der Waals surface area contributed by atoms with Gasteiger partial charge in [-0.15, -0.1) is 24.0 Å². The molecule has 2 N–H and O–H groups in total. The highest BCUT2D eigenvalue weighted by molar-refractivity contribution is 14.0. The van der Waals surface area contributed by atoms with E-state index in [0.717, 1.165) is 23.5 Å². The van der Waals surface area contributed by atoms with Crippen LogP contribution in [-0.4, -0.2) is 38.1 Å². The molecule has 1 aromatic rings. The third kappa shape index (κ3) is 6.82. The fourth-order valence-corrected chi connectivity index (χ4v) is 3.48. The molecule has 1 aliphatic carbocycles. The molecule has 1 aliphatic rings. The second-order valence-corrected chi connectivity index (χ2v) is 7.74. The van der Waals surface area contributed by atoms with Crippen LogP contribution >= 0.6 is 51.7 Å². The average Bonchev–Trinajstić information content (AvgIpc) is 3.31. The van der Waals surface area contributed by atoms with Crippen molar-refractivity contribution in [2.24, 2.45) is 4.99 Å². The molecule has 0 aromatic heterocycles. The number of halogens is 2. The molecule has 1 saturated carbocycles. The van der Waals surface area contributed by atoms with Gasteiger partial charge in [0.2, 0.25) is 0 Å². The summed E-state index contributed by atoms with van der Waals surface area (Å²) < 4.78 is 1.16. The van der Waals surface area contributed by atoms with E-state index < -0.39 is 0 Å². The summed E-state index contributed by atoms with van der Waals surface area (Å²) in [5, 5.41) is 6.91. The molecule has 0 radical (unpaired) electrons. The summed E-state index contributed by atoms with van der Waals surface area (Å²) in [7, 11) is 1.84. The van der Waals surface area contributed by atoms with Crippen molar-refractivity contribution in [2.45, 2.75) is 31.1 Å². The minimum absolute atomic E-state index is 0. The monoisotopic (exact) mass is 511 g/mol. The predicted octanol–water partition coefficient (Wildman–Crippen LogP) is 4.41. The summed E-state index contributed by atoms with van der Waals surface area (Å²) in [4.78, 5) is 4.33. The highest BCUT2D eigenvalue weighted by atomic mass is 127. The molecule has 0 saturated heterocycles. The Kier molecular flexibility index (Phi) is 9.92. The van der Waals surface area contributed by atoms with E-state index in [4.69, 9.17) is 0 Å². The Balaban J connectivity index is 0.00000264. The number of hydrogen-bond acceptors (Lipinski definition) is 2. The van der Waals surface area contributed by atoms with Crippen molar-refractivity contribution in [1.29, 1.82) is 0 Å². The van der Waals surface area contributed by atoms with Crippen LogP contribution in [0.1, 0.15) is 31.2 Å². The topological polar surface area (TPSA) is 36.4 Å². The van der Waals surface area contributed by atoms with Gasteiger partial charge < -0.3 is 10.6 Å². The Morgan fingerprint density at radius 1 is 1.30 bits per heavy atom. The maximum absolute atomic E-state index is 4.33. The third-order valence-corrected chi connectivity index (χ3v) is 5.37. The van der Waals surface area contributed by atoms with Crippen molar-refractivity contribution in [2.75, 3.05) is 32.1 Å². The third-order valence-electron chi connectivity index (χ3n) is 4.18. The first-order chi connectivity index (χ1) is 10.7. The highest BCUT2D eigenvalue weighted by Crippen LogP contribution is 2.48. The standard InChI is InChI=1S/C17H26BrN3S.HI/c1-19-16(20-10-3-4-11-22-2)21-13-17(8-9-17)14-6-5-7-15(18)12-14;/h5-7,12H,3-4,8-11,13H2,1-2H3,(H2,19,20,21);1H. The quantitative estimate of drug-likeness (QED) is 0.235. The zero-order valence-electron chi connectivity index (χ0n) is 13.9. The van der Waals surface area contributed by atoms with E-state index in [-0.39, 0.29) is 24.0 Å². The molecule has 2 rings (SSSR count). The molecule has 0 bridgehead atoms. The fourth-order valence-electron chi connectivity index (χ4n) is 2.59. The molecule has 0 heterocycles. The number of nitrogens with one attached hydrogen (secondary N) is 2. The highest BCUT2D eigenvalue weighted by Gasteiger charge is 2.44. The van der Waals surface area contributed by atoms with E-state index in [1.807, 2.05) is 18.8 Å². The predicted molar refractivity (Wildman–Crippen MR) is 117 cm³/mol. The molecule has 3 nitrogen and oxygen atoms in total. The van der Waals surface area contributed by atoms with E-state index in [0.29, 0.717) is 5.41 Å². The summed E-state index contributed by atoms with van der Waals surface area (Å²) in [6, 6.07) is 8.69. The maximum atomic E-state index is 4.33. The summed E-state index contributed by atoms with van der Waals surface area (Å²) in [5.41, 5.74) is 1.71. The Bertz CT molecular complexity index is 506. The van der Waals surface area contributed by atoms with E-state index in [2.05, 4.69) is 62.1 Å². The van der Waals surface area contributed by atoms with E-state index >= 15 is 0 Å². The number of guanidine groups is 1. The minimum Gasteiger partial charge on any atom is -0.356 e. The first-order valence-corrected chi connectivity index (χ1v) is 10.1. The summed E-state index contributed by atoms with van der Waals surface area (Å²) in [6.07, 6.45) is 7.11. The largest absolute Gasteiger partial charge is 0.356 e. The molecule has 0 amide bonds. The lowest BCUT2D eigenvalue weighted by Crippen LogP contribution is -2.41. The second-order valence-electron chi connectivity index (χ2n) is 5.84. The Hall–Kier alpha value is 0.0500. The molecule has 23 heavy (non-hydrogen) atoms. The van der Waals surface area contributed by atoms with Crippen molar-refractivity contribution in [1.82, 2.24) is 10.6 Å². The van der Waals surface area contributed by atoms with Crippen LogP contribution in [0.3, 0.4) is 0 Å². The van der Waals surface area contributed by atoms with Gasteiger partial charge in [0, 0.05) is 30.0 Å². The molecule has 130 valence electrons. The number of nitrogens with zero attached hydrogens (tertiary/aromatic N) is 1. The smallest absolute Gasteiger partial charge is 0.191 e. The Labute approximate surface area is 170 Å². The van der Waals surface area contributed by atoms with Crippen molar-refractivity contribution >= 4 is 57.6 Å². The first-order valence-electron chi connectivity index (χ1n) is 7.90. The van der Waals surface area contributed by atoms with Crippen LogP contribution in [0.15, 0.2) is 33.7 Å². The first kappa shape index (κ1) is 21.1. The molecular formula is C17H27BrIN3S. The van der Waals surface area contributed by atoms with Gasteiger partial charge in [-0.2, -0.15) is 11.8 Å². The van der Waals surface area contributed by atoms with Gasteiger partial charge in [-0.05, 0) is 55.4 Å². The van der Waals surface area contributed by atoms with Gasteiger partial charge in [-0.25, -0.2) is 0 Å². The van der Waals surface area contributed by atoms with Gasteiger partial charge in [0.15, 0.2) is 5.96 Å². The van der Waals surface area contributed by atoms with Crippen molar-refractivity contribution in [3.05, 3.63) is 34.3 Å². The minimum atomic E-state index is 0. The lowest BCUT2D eigenvalue weighted by Gasteiger charge is -2.19. The lowest BCUT2D eigenvalue weighted by molar-refractivity contribution is 0.641. The maximum Gasteiger partial charge on any atom is 0.191 e. The van der Waals surface area contributed by atoms with E-state index in [1.54, 1.807) is 0 Å². The van der Waals surface area contributed by atoms with Crippen molar-refractivity contribution < 1.29 is 0 Å². The van der Waals surface area contributed by atoms with Crippen LogP contribution < -0.4 is 10.6 Å². The second kappa shape index (κ2) is 10.8. The number of benzene rings is 1. The molecule has 1 aromatic carbocycles. The van der Waals surface area contributed by atoms with Gasteiger partial charge in [-0.3, -0.25) is 4.99 Å². The molecule has 0 atom stereocenters. The van der Waals surface area contributed by atoms with E-state index in [9.17, 15) is 0 Å². The number of unbranched alkanes of at least 4 members (excludes halogenated alkanes) is 1. The zero-order valence-corrected chi connectivity index (χ0v) is 18.6. The van der Waals surface area contributed by atoms with Crippen LogP contribution in [0.2, 0.25) is 0 Å². The number of aliphatic imine (C=N–C) groups is 1. The summed E-state index contributed by atoms with van der Waals surface area (Å²) in [6.45, 7) is 1.94. The number of hydrogen-bond donors (Lipinski definition) is 2. The molecule has 6 heteroatoms. The van der Waals surface area contributed by atoms with E-state index in [1.165, 1.54) is 37.0 Å². The molecule has 0 aliphatic heterocycles. The summed E-state index contributed by atoms with van der Waals surface area (Å²) >= 11 is 5.48.